The van der Waals surface area contributed by atoms with Crippen molar-refractivity contribution in [3.05, 3.63) is 20.9 Å². The second-order valence-corrected chi connectivity index (χ2v) is 5.89. The maximum Gasteiger partial charge on any atom is 0.128 e. The van der Waals surface area contributed by atoms with Gasteiger partial charge in [-0.15, -0.1) is 11.3 Å². The van der Waals surface area contributed by atoms with E-state index in [0.29, 0.717) is 5.92 Å². The molecule has 0 atom stereocenters. The van der Waals surface area contributed by atoms with Crippen LogP contribution in [0.25, 0.3) is 10.2 Å². The molecule has 2 aromatic rings. The van der Waals surface area contributed by atoms with Gasteiger partial charge in [0.15, 0.2) is 0 Å². The van der Waals surface area contributed by atoms with Crippen LogP contribution in [0, 0.1) is 11.6 Å². The highest BCUT2D eigenvalue weighted by molar-refractivity contribution is 7.71. The molecule has 4 heteroatoms. The lowest BCUT2D eigenvalue weighted by atomic mass is 10.1. The molecule has 0 bridgehead atoms. The molecule has 86 valence electrons. The average molecular weight is 252 g/mol. The van der Waals surface area contributed by atoms with Crippen molar-refractivity contribution in [2.24, 2.45) is 0 Å². The number of fused-ring (bicyclic) bond motifs is 1. The zero-order valence-electron chi connectivity index (χ0n) is 10.0. The van der Waals surface area contributed by atoms with Crippen LogP contribution in [0.4, 0.5) is 0 Å². The molecule has 2 aromatic heterocycles. The first-order valence-corrected chi connectivity index (χ1v) is 6.79. The zero-order valence-corrected chi connectivity index (χ0v) is 11.7. The third-order valence-electron chi connectivity index (χ3n) is 2.78. The molecule has 0 saturated heterocycles. The monoisotopic (exact) mass is 252 g/mol. The van der Waals surface area contributed by atoms with Crippen LogP contribution in [0.3, 0.4) is 0 Å². The number of hydrogen-bond donors (Lipinski definition) is 1. The van der Waals surface area contributed by atoms with E-state index in [9.17, 15) is 0 Å². The molecule has 0 spiro atoms. The normalized spacial score (nSPS) is 11.6. The van der Waals surface area contributed by atoms with Crippen molar-refractivity contribution < 1.29 is 0 Å². The van der Waals surface area contributed by atoms with E-state index in [4.69, 9.17) is 12.2 Å². The second kappa shape index (κ2) is 4.26. The van der Waals surface area contributed by atoms with Gasteiger partial charge in [0, 0.05) is 16.2 Å². The van der Waals surface area contributed by atoms with Gasteiger partial charge in [0.25, 0.3) is 0 Å². The summed E-state index contributed by atoms with van der Waals surface area (Å²) in [6.07, 6.45) is 1.02. The minimum absolute atomic E-state index is 0.388. The van der Waals surface area contributed by atoms with E-state index in [-0.39, 0.29) is 0 Å². The molecule has 0 fully saturated rings. The fraction of sp³-hybridized carbons (Fsp3) is 0.500. The largest absolute Gasteiger partial charge is 0.334 e. The molecule has 1 N–H and O–H groups in total. The van der Waals surface area contributed by atoms with Gasteiger partial charge in [0.1, 0.15) is 15.3 Å². The van der Waals surface area contributed by atoms with Gasteiger partial charge in [-0.3, -0.25) is 0 Å². The Kier molecular flexibility index (Phi) is 3.13. The third-order valence-corrected chi connectivity index (χ3v) is 4.13. The van der Waals surface area contributed by atoms with E-state index >= 15 is 0 Å². The standard InChI is InChI=1S/C12H16N2S2/c1-5-8-7(4)16-12-9(8)11(15)13-10(14-12)6(2)3/h6H,5H2,1-4H3,(H,13,14,15). The fourth-order valence-corrected chi connectivity index (χ4v) is 3.41. The van der Waals surface area contributed by atoms with Crippen molar-refractivity contribution in [2.45, 2.75) is 40.0 Å². The number of aromatic amines is 1. The minimum Gasteiger partial charge on any atom is -0.334 e. The zero-order chi connectivity index (χ0) is 11.9. The quantitative estimate of drug-likeness (QED) is 0.805. The van der Waals surface area contributed by atoms with Crippen molar-refractivity contribution in [1.82, 2.24) is 9.97 Å². The Morgan fingerprint density at radius 3 is 2.69 bits per heavy atom. The summed E-state index contributed by atoms with van der Waals surface area (Å²) in [6.45, 7) is 8.57. The molecular weight excluding hydrogens is 236 g/mol. The van der Waals surface area contributed by atoms with E-state index in [1.165, 1.54) is 10.4 Å². The predicted octanol–water partition coefficient (Wildman–Crippen LogP) is 4.35. The highest BCUT2D eigenvalue weighted by atomic mass is 32.1. The molecule has 16 heavy (non-hydrogen) atoms. The van der Waals surface area contributed by atoms with E-state index in [0.717, 1.165) is 27.1 Å². The molecule has 0 aliphatic heterocycles. The van der Waals surface area contributed by atoms with Gasteiger partial charge in [0.2, 0.25) is 0 Å². The summed E-state index contributed by atoms with van der Waals surface area (Å²) in [4.78, 5) is 10.3. The Morgan fingerprint density at radius 1 is 1.44 bits per heavy atom. The Bertz CT molecular complexity index is 578. The number of rotatable bonds is 2. The summed E-state index contributed by atoms with van der Waals surface area (Å²) in [5, 5.41) is 1.16. The summed E-state index contributed by atoms with van der Waals surface area (Å²) in [5.41, 5.74) is 1.35. The number of aryl methyl sites for hydroxylation is 2. The van der Waals surface area contributed by atoms with E-state index in [1.54, 1.807) is 11.3 Å². The van der Waals surface area contributed by atoms with E-state index in [2.05, 4.69) is 37.7 Å². The third kappa shape index (κ3) is 1.80. The van der Waals surface area contributed by atoms with Gasteiger partial charge in [-0.05, 0) is 18.9 Å². The predicted molar refractivity (Wildman–Crippen MR) is 73.0 cm³/mol. The average Bonchev–Trinajstić information content (AvgIpc) is 2.53. The van der Waals surface area contributed by atoms with Crippen LogP contribution in [0.2, 0.25) is 0 Å². The lowest BCUT2D eigenvalue weighted by Crippen LogP contribution is -1.97. The number of thiophene rings is 1. The SMILES string of the molecule is CCc1c(C)sc2nc(C(C)C)[nH]c(=S)c12. The number of nitrogens with one attached hydrogen (secondary N) is 1. The first kappa shape index (κ1) is 11.7. The number of nitrogens with zero attached hydrogens (tertiary/aromatic N) is 1. The van der Waals surface area contributed by atoms with Crippen LogP contribution < -0.4 is 0 Å². The summed E-state index contributed by atoms with van der Waals surface area (Å²) < 4.78 is 0.843. The molecule has 0 radical (unpaired) electrons. The summed E-state index contributed by atoms with van der Waals surface area (Å²) in [7, 11) is 0. The molecule has 0 saturated carbocycles. The smallest absolute Gasteiger partial charge is 0.128 e. The van der Waals surface area contributed by atoms with Crippen molar-refractivity contribution in [2.75, 3.05) is 0 Å². The molecular formula is C12H16N2S2. The minimum atomic E-state index is 0.388. The maximum atomic E-state index is 5.44. The van der Waals surface area contributed by atoms with Crippen LogP contribution in [-0.2, 0) is 6.42 Å². The maximum absolute atomic E-state index is 5.44. The molecule has 2 nitrogen and oxygen atoms in total. The molecule has 0 aliphatic rings. The van der Waals surface area contributed by atoms with E-state index < -0.39 is 0 Å². The first-order chi connectivity index (χ1) is 7.54. The van der Waals surface area contributed by atoms with Gasteiger partial charge in [-0.2, -0.15) is 0 Å². The molecule has 0 aromatic carbocycles. The molecule has 2 rings (SSSR count). The summed E-state index contributed by atoms with van der Waals surface area (Å²) in [6, 6.07) is 0. The molecule has 0 amide bonds. The van der Waals surface area contributed by atoms with Crippen LogP contribution in [0.5, 0.6) is 0 Å². The lowest BCUT2D eigenvalue weighted by molar-refractivity contribution is 0.781. The molecule has 2 heterocycles. The highest BCUT2D eigenvalue weighted by Crippen LogP contribution is 2.31. The van der Waals surface area contributed by atoms with Crippen LogP contribution >= 0.6 is 23.6 Å². The topological polar surface area (TPSA) is 28.7 Å². The summed E-state index contributed by atoms with van der Waals surface area (Å²) in [5.74, 6) is 1.37. The Balaban J connectivity index is 2.81. The van der Waals surface area contributed by atoms with Crippen molar-refractivity contribution in [3.63, 3.8) is 0 Å². The molecule has 0 aliphatic carbocycles. The van der Waals surface area contributed by atoms with Crippen LogP contribution in [0.15, 0.2) is 0 Å². The van der Waals surface area contributed by atoms with Gasteiger partial charge < -0.3 is 4.98 Å². The lowest BCUT2D eigenvalue weighted by Gasteiger charge is -2.04. The van der Waals surface area contributed by atoms with Crippen molar-refractivity contribution in [3.8, 4) is 0 Å². The van der Waals surface area contributed by atoms with Gasteiger partial charge in [-0.25, -0.2) is 4.98 Å². The summed E-state index contributed by atoms with van der Waals surface area (Å²) >= 11 is 7.19. The Labute approximate surface area is 105 Å². The highest BCUT2D eigenvalue weighted by Gasteiger charge is 2.12. The Morgan fingerprint density at radius 2 is 2.12 bits per heavy atom. The fourth-order valence-electron chi connectivity index (χ4n) is 1.89. The number of H-pyrrole nitrogens is 1. The van der Waals surface area contributed by atoms with Gasteiger partial charge in [0.05, 0.1) is 0 Å². The van der Waals surface area contributed by atoms with Gasteiger partial charge in [-0.1, -0.05) is 33.0 Å². The van der Waals surface area contributed by atoms with Crippen molar-refractivity contribution in [1.29, 1.82) is 0 Å². The Hall–Kier alpha value is -0.740. The first-order valence-electron chi connectivity index (χ1n) is 5.56. The van der Waals surface area contributed by atoms with E-state index in [1.807, 2.05) is 0 Å². The number of aromatic nitrogens is 2. The van der Waals surface area contributed by atoms with Crippen LogP contribution in [0.1, 0.15) is 43.0 Å². The van der Waals surface area contributed by atoms with Crippen molar-refractivity contribution >= 4 is 33.8 Å². The van der Waals surface area contributed by atoms with Crippen LogP contribution in [-0.4, -0.2) is 9.97 Å². The number of hydrogen-bond acceptors (Lipinski definition) is 3. The second-order valence-electron chi connectivity index (χ2n) is 4.28. The van der Waals surface area contributed by atoms with Gasteiger partial charge >= 0.3 is 0 Å². The molecule has 0 unspecified atom stereocenters.